The number of carboxylic acid groups (broad SMARTS) is 4. The first kappa shape index (κ1) is 36.6. The van der Waals surface area contributed by atoms with Gasteiger partial charge in [0.05, 0.1) is 18.4 Å². The highest BCUT2D eigenvalue weighted by Gasteiger charge is 2.71. The van der Waals surface area contributed by atoms with Gasteiger partial charge in [0.15, 0.2) is 26.2 Å². The minimum Gasteiger partial charge on any atom is -0.480 e. The fourth-order valence-electron chi connectivity index (χ4n) is 6.95. The van der Waals surface area contributed by atoms with Crippen LogP contribution in [0.25, 0.3) is 0 Å². The lowest BCUT2D eigenvalue weighted by atomic mass is 10.1. The van der Waals surface area contributed by atoms with Crippen molar-refractivity contribution in [2.45, 2.75) is 50.2 Å². The molecule has 272 valence electrons. The van der Waals surface area contributed by atoms with E-state index < -0.39 is 77.7 Å². The van der Waals surface area contributed by atoms with Crippen LogP contribution in [0.4, 0.5) is 0 Å². The van der Waals surface area contributed by atoms with Crippen LogP contribution in [0.1, 0.15) is 24.1 Å². The molecule has 0 unspecified atom stereocenters. The van der Waals surface area contributed by atoms with E-state index in [1.807, 2.05) is 16.1 Å². The number of imidazole rings is 2. The van der Waals surface area contributed by atoms with Crippen molar-refractivity contribution in [1.82, 2.24) is 18.9 Å². The zero-order valence-corrected chi connectivity index (χ0v) is 28.2. The zero-order valence-electron chi connectivity index (χ0n) is 27.4. The molecule has 0 spiro atoms. The molecule has 2 amide bonds. The molecule has 2 aromatic heterocycles. The smallest absolute Gasteiger partial charge is 0.386 e. The third-order valence-corrected chi connectivity index (χ3v) is 10.3. The van der Waals surface area contributed by atoms with Crippen LogP contribution in [0.5, 0.6) is 0 Å². The van der Waals surface area contributed by atoms with Crippen molar-refractivity contribution in [2.24, 2.45) is 5.14 Å². The summed E-state index contributed by atoms with van der Waals surface area (Å²) < 4.78 is 31.0. The lowest BCUT2D eigenvalue weighted by Gasteiger charge is -2.35. The maximum atomic E-state index is 13.2. The number of rotatable bonds is 16. The molecule has 0 atom stereocenters. The first-order valence-corrected chi connectivity index (χ1v) is 17.0. The Bertz CT molecular complexity index is 1910. The number of quaternary nitrogens is 1. The minimum atomic E-state index is -3.91. The number of carboxylic acids is 4. The van der Waals surface area contributed by atoms with Crippen molar-refractivity contribution in [2.75, 3.05) is 32.7 Å². The van der Waals surface area contributed by atoms with E-state index in [2.05, 4.69) is 0 Å². The molecule has 0 radical (unpaired) electrons. The van der Waals surface area contributed by atoms with E-state index in [1.165, 1.54) is 12.1 Å². The number of nitrogens with zero attached hydrogens (tertiary/aromatic N) is 7. The van der Waals surface area contributed by atoms with Crippen molar-refractivity contribution < 1.29 is 71.2 Å². The topological polar surface area (TPSA) is 268 Å². The molecule has 5 rings (SSSR count). The highest BCUT2D eigenvalue weighted by atomic mass is 32.2. The quantitative estimate of drug-likeness (QED) is 0.0719. The summed E-state index contributed by atoms with van der Waals surface area (Å²) in [5, 5.41) is 42.3. The molecule has 2 aliphatic heterocycles. The monoisotopic (exact) mass is 733 g/mol. The van der Waals surface area contributed by atoms with E-state index in [0.717, 1.165) is 15.4 Å². The van der Waals surface area contributed by atoms with Crippen LogP contribution in [0.3, 0.4) is 0 Å². The van der Waals surface area contributed by atoms with Crippen LogP contribution < -0.4 is 14.3 Å². The molecule has 6 N–H and O–H groups in total. The summed E-state index contributed by atoms with van der Waals surface area (Å²) in [6.07, 6.45) is 7.20. The first-order chi connectivity index (χ1) is 23.8. The molecular weight excluding hydrogens is 696 g/mol. The number of sulfonamides is 1. The molecule has 21 heteroatoms. The SMILES string of the molecule is CC12n3cc[n+](CC(=O)N(CC(=O)O)CC(=O)O)c3C[N+]1(CCc1ccc(S(N)(=O)=O)cc1)Cc1n2cc[n+]1CC(=O)N(CC(=O)O)CC(=O)O. The normalized spacial score (nSPS) is 18.8. The van der Waals surface area contributed by atoms with Gasteiger partial charge in [-0.1, -0.05) is 12.1 Å². The third kappa shape index (κ3) is 7.16. The molecule has 2 aliphatic rings. The van der Waals surface area contributed by atoms with Crippen molar-refractivity contribution >= 4 is 45.7 Å². The zero-order chi connectivity index (χ0) is 37.5. The standard InChI is InChI=1S/C30H34N8O12S/c1-30-36-9-7-32(12-24(39)34(14-26(41)42)15-27(43)44)22(36)18-38(30,11-6-20-2-4-21(5-3-20)51(31,49)50)19-23-33(8-10-37(23)30)13-25(40)35(16-28(45)46)17-29(47)48/h2-5,7-10H,6,11-19H2,1H3,(H3-3,31,41,42,43,44,45,46,47,48,49,50)/p+3. The van der Waals surface area contributed by atoms with Gasteiger partial charge in [-0.05, 0) is 17.7 Å². The predicted molar refractivity (Wildman–Crippen MR) is 166 cm³/mol. The van der Waals surface area contributed by atoms with Gasteiger partial charge < -0.3 is 30.2 Å². The van der Waals surface area contributed by atoms with E-state index >= 15 is 0 Å². The van der Waals surface area contributed by atoms with Crippen molar-refractivity contribution in [3.63, 3.8) is 0 Å². The number of hydrogen-bond acceptors (Lipinski definition) is 8. The number of nitrogens with two attached hydrogens (primary N) is 1. The molecule has 51 heavy (non-hydrogen) atoms. The second kappa shape index (κ2) is 13.6. The molecule has 0 aliphatic carbocycles. The van der Waals surface area contributed by atoms with Gasteiger partial charge in [-0.3, -0.25) is 28.8 Å². The number of amides is 2. The molecule has 0 fully saturated rings. The number of benzene rings is 1. The molecule has 1 aromatic carbocycles. The van der Waals surface area contributed by atoms with Crippen LogP contribution in [0.15, 0.2) is 53.9 Å². The van der Waals surface area contributed by atoms with Gasteiger partial charge in [-0.25, -0.2) is 27.2 Å². The van der Waals surface area contributed by atoms with E-state index in [1.54, 1.807) is 46.1 Å². The van der Waals surface area contributed by atoms with Crippen LogP contribution in [-0.2, 0) is 77.2 Å². The lowest BCUT2D eigenvalue weighted by Crippen LogP contribution is -2.58. The molecule has 0 bridgehead atoms. The Labute approximate surface area is 290 Å². The van der Waals surface area contributed by atoms with E-state index in [0.29, 0.717) is 42.2 Å². The Hall–Kier alpha value is -5.67. The molecule has 20 nitrogen and oxygen atoms in total. The van der Waals surface area contributed by atoms with Crippen molar-refractivity contribution in [3.05, 3.63) is 66.3 Å². The van der Waals surface area contributed by atoms with E-state index in [4.69, 9.17) is 5.14 Å². The number of aromatic nitrogens is 4. The second-order valence-corrected chi connectivity index (χ2v) is 14.2. The molecular formula is C30H37N8O12S+3. The summed E-state index contributed by atoms with van der Waals surface area (Å²) in [6, 6.07) is 6.12. The Balaban J connectivity index is 1.50. The van der Waals surface area contributed by atoms with Gasteiger partial charge in [-0.15, -0.1) is 9.13 Å². The summed E-state index contributed by atoms with van der Waals surface area (Å²) in [6.45, 7) is -0.870. The van der Waals surface area contributed by atoms with Gasteiger partial charge in [-0.2, -0.15) is 0 Å². The Morgan fingerprint density at radius 1 is 0.765 bits per heavy atom. The summed E-state index contributed by atoms with van der Waals surface area (Å²) >= 11 is 0. The average molecular weight is 734 g/mol. The molecule has 3 aromatic rings. The maximum absolute atomic E-state index is 13.2. The van der Waals surface area contributed by atoms with Crippen LogP contribution in [0.2, 0.25) is 0 Å². The average Bonchev–Trinajstić information content (AvgIpc) is 3.72. The number of hydrogen-bond donors (Lipinski definition) is 5. The van der Waals surface area contributed by atoms with Gasteiger partial charge in [0, 0.05) is 6.42 Å². The maximum Gasteiger partial charge on any atom is 0.386 e. The van der Waals surface area contributed by atoms with Crippen LogP contribution in [0, 0.1) is 0 Å². The number of primary sulfonamides is 1. The highest BCUT2D eigenvalue weighted by molar-refractivity contribution is 7.89. The molecule has 0 saturated heterocycles. The predicted octanol–water partition coefficient (Wildman–Crippen LogP) is -3.23. The van der Waals surface area contributed by atoms with Crippen LogP contribution >= 0.6 is 0 Å². The highest BCUT2D eigenvalue weighted by Crippen LogP contribution is 2.47. The number of aliphatic carboxylic acids is 4. The van der Waals surface area contributed by atoms with Crippen molar-refractivity contribution in [3.8, 4) is 0 Å². The Kier molecular flexibility index (Phi) is 9.74. The van der Waals surface area contributed by atoms with E-state index in [-0.39, 0.29) is 18.0 Å². The molecule has 0 saturated carbocycles. The minimum absolute atomic E-state index is 0.0477. The fourth-order valence-corrected chi connectivity index (χ4v) is 7.46. The summed E-state index contributed by atoms with van der Waals surface area (Å²) in [4.78, 5) is 73.2. The number of carbonyl (C=O) groups is 6. The van der Waals surface area contributed by atoms with Gasteiger partial charge in [0.25, 0.3) is 11.8 Å². The number of fused-ring (bicyclic) bond motifs is 5. The largest absolute Gasteiger partial charge is 0.480 e. The van der Waals surface area contributed by atoms with Gasteiger partial charge in [0.1, 0.15) is 51.0 Å². The number of carbonyl (C=O) groups excluding carboxylic acids is 2. The molecule has 4 heterocycles. The van der Waals surface area contributed by atoms with Crippen molar-refractivity contribution in [1.29, 1.82) is 0 Å². The Morgan fingerprint density at radius 2 is 1.16 bits per heavy atom. The fraction of sp³-hybridized carbons (Fsp3) is 0.400. The third-order valence-electron chi connectivity index (χ3n) is 9.41. The second-order valence-electron chi connectivity index (χ2n) is 12.6. The van der Waals surface area contributed by atoms with Gasteiger partial charge in [0.2, 0.25) is 10.0 Å². The first-order valence-electron chi connectivity index (χ1n) is 15.5. The Morgan fingerprint density at radius 3 is 1.51 bits per heavy atom. The summed E-state index contributed by atoms with van der Waals surface area (Å²) in [5.74, 6) is -6.50. The van der Waals surface area contributed by atoms with Gasteiger partial charge >= 0.3 is 41.3 Å². The lowest BCUT2D eigenvalue weighted by molar-refractivity contribution is -1.01. The van der Waals surface area contributed by atoms with Crippen LogP contribution in [-0.4, -0.2) is 121 Å². The summed E-state index contributed by atoms with van der Waals surface area (Å²) in [7, 11) is -3.91. The van der Waals surface area contributed by atoms with E-state index in [9.17, 15) is 57.6 Å². The summed E-state index contributed by atoms with van der Waals surface area (Å²) in [5.41, 5.74) is 0.799.